The minimum atomic E-state index is -0.0859. The molecule has 1 aliphatic heterocycles. The van der Waals surface area contributed by atoms with Crippen LogP contribution in [0.4, 0.5) is 0 Å². The summed E-state index contributed by atoms with van der Waals surface area (Å²) in [5.74, 6) is 0.762. The van der Waals surface area contributed by atoms with Gasteiger partial charge in [-0.05, 0) is 37.5 Å². The van der Waals surface area contributed by atoms with Crippen molar-refractivity contribution in [3.8, 4) is 0 Å². The molecule has 6 heteroatoms. The van der Waals surface area contributed by atoms with Gasteiger partial charge in [-0.3, -0.25) is 9.78 Å². The molecule has 0 radical (unpaired) electrons. The normalized spacial score (nSPS) is 17.8. The third-order valence-electron chi connectivity index (χ3n) is 4.27. The molecule has 1 atom stereocenters. The van der Waals surface area contributed by atoms with Crippen molar-refractivity contribution in [2.24, 2.45) is 0 Å². The number of benzene rings is 1. The maximum Gasteiger partial charge on any atom is 0.274 e. The Morgan fingerprint density at radius 1 is 1.35 bits per heavy atom. The van der Waals surface area contributed by atoms with Crippen LogP contribution in [0.25, 0.3) is 11.0 Å². The number of nitrogens with zero attached hydrogens (tertiary/aromatic N) is 4. The summed E-state index contributed by atoms with van der Waals surface area (Å²) < 4.78 is 0. The second kappa shape index (κ2) is 5.46. The molecule has 1 saturated heterocycles. The number of imidazole rings is 1. The highest BCUT2D eigenvalue weighted by Crippen LogP contribution is 2.32. The highest BCUT2D eigenvalue weighted by Gasteiger charge is 2.33. The monoisotopic (exact) mass is 307 g/mol. The van der Waals surface area contributed by atoms with Crippen molar-refractivity contribution in [3.63, 3.8) is 0 Å². The number of rotatable bonds is 2. The van der Waals surface area contributed by atoms with Gasteiger partial charge in [0.05, 0.1) is 23.3 Å². The van der Waals surface area contributed by atoms with Crippen LogP contribution in [-0.4, -0.2) is 37.3 Å². The molecule has 1 N–H and O–H groups in total. The maximum absolute atomic E-state index is 12.7. The van der Waals surface area contributed by atoms with Crippen LogP contribution in [0.5, 0.6) is 0 Å². The van der Waals surface area contributed by atoms with E-state index in [0.717, 1.165) is 36.2 Å². The van der Waals surface area contributed by atoms with Crippen LogP contribution in [-0.2, 0) is 0 Å². The summed E-state index contributed by atoms with van der Waals surface area (Å²) in [6, 6.07) is 6.10. The molecule has 116 valence electrons. The smallest absolute Gasteiger partial charge is 0.274 e. The van der Waals surface area contributed by atoms with E-state index >= 15 is 0 Å². The molecule has 1 aromatic carbocycles. The fraction of sp³-hybridized carbons (Fsp3) is 0.294. The average Bonchev–Trinajstić information content (AvgIpc) is 3.20. The number of fused-ring (bicyclic) bond motifs is 1. The van der Waals surface area contributed by atoms with E-state index in [9.17, 15) is 4.79 Å². The lowest BCUT2D eigenvalue weighted by molar-refractivity contribution is 0.0724. The number of aromatic amines is 1. The summed E-state index contributed by atoms with van der Waals surface area (Å²) in [4.78, 5) is 30.7. The van der Waals surface area contributed by atoms with Crippen LogP contribution < -0.4 is 0 Å². The predicted octanol–water partition coefficient (Wildman–Crippen LogP) is 2.64. The second-order valence-electron chi connectivity index (χ2n) is 5.89. The number of aromatic nitrogens is 4. The molecule has 2 aromatic heterocycles. The van der Waals surface area contributed by atoms with Gasteiger partial charge >= 0.3 is 0 Å². The topological polar surface area (TPSA) is 74.8 Å². The van der Waals surface area contributed by atoms with Gasteiger partial charge in [0.2, 0.25) is 0 Å². The summed E-state index contributed by atoms with van der Waals surface area (Å²) >= 11 is 0. The highest BCUT2D eigenvalue weighted by atomic mass is 16.2. The molecule has 0 bridgehead atoms. The molecule has 1 fully saturated rings. The molecule has 0 saturated carbocycles. The van der Waals surface area contributed by atoms with Crippen molar-refractivity contribution >= 4 is 16.9 Å². The van der Waals surface area contributed by atoms with Crippen molar-refractivity contribution in [3.05, 3.63) is 53.9 Å². The summed E-state index contributed by atoms with van der Waals surface area (Å²) in [6.45, 7) is 2.77. The van der Waals surface area contributed by atoms with Crippen molar-refractivity contribution in [2.75, 3.05) is 6.54 Å². The number of aryl methyl sites for hydroxylation is 1. The van der Waals surface area contributed by atoms with E-state index in [1.54, 1.807) is 12.4 Å². The van der Waals surface area contributed by atoms with Gasteiger partial charge < -0.3 is 9.88 Å². The molecule has 6 nitrogen and oxygen atoms in total. The van der Waals surface area contributed by atoms with E-state index in [1.165, 1.54) is 11.8 Å². The van der Waals surface area contributed by atoms with Crippen LogP contribution in [0, 0.1) is 6.92 Å². The van der Waals surface area contributed by atoms with E-state index < -0.39 is 0 Å². The van der Waals surface area contributed by atoms with Gasteiger partial charge in [0.15, 0.2) is 0 Å². The first kappa shape index (κ1) is 13.9. The average molecular weight is 307 g/mol. The predicted molar refractivity (Wildman–Crippen MR) is 85.9 cm³/mol. The van der Waals surface area contributed by atoms with Crippen molar-refractivity contribution < 1.29 is 4.79 Å². The number of likely N-dealkylation sites (tertiary alicyclic amines) is 1. The number of carbonyl (C=O) groups is 1. The number of amides is 1. The van der Waals surface area contributed by atoms with E-state index in [-0.39, 0.29) is 11.9 Å². The lowest BCUT2D eigenvalue weighted by Gasteiger charge is -2.22. The summed E-state index contributed by atoms with van der Waals surface area (Å²) in [5, 5.41) is 0. The molecule has 0 unspecified atom stereocenters. The SMILES string of the molecule is Cc1ccc2nc([C@H]3CCCN3C(=O)c3cnccn3)[nH]c2c1. The first-order valence-electron chi connectivity index (χ1n) is 7.75. The molecule has 3 heterocycles. The van der Waals surface area contributed by atoms with E-state index in [1.807, 2.05) is 17.0 Å². The lowest BCUT2D eigenvalue weighted by Crippen LogP contribution is -2.31. The van der Waals surface area contributed by atoms with Gasteiger partial charge in [-0.2, -0.15) is 0 Å². The van der Waals surface area contributed by atoms with Crippen molar-refractivity contribution in [2.45, 2.75) is 25.8 Å². The Kier molecular flexibility index (Phi) is 3.29. The summed E-state index contributed by atoms with van der Waals surface area (Å²) in [6.07, 6.45) is 6.50. The first-order chi connectivity index (χ1) is 11.2. The molecular formula is C17H17N5O. The lowest BCUT2D eigenvalue weighted by atomic mass is 10.2. The Balaban J connectivity index is 1.67. The van der Waals surface area contributed by atoms with Crippen molar-refractivity contribution in [1.29, 1.82) is 0 Å². The van der Waals surface area contributed by atoms with Crippen LogP contribution in [0.15, 0.2) is 36.8 Å². The maximum atomic E-state index is 12.7. The van der Waals surface area contributed by atoms with Gasteiger partial charge in [0.25, 0.3) is 5.91 Å². The Hall–Kier alpha value is -2.76. The molecule has 1 amide bonds. The van der Waals surface area contributed by atoms with Crippen LogP contribution in [0.1, 0.15) is 40.8 Å². The Morgan fingerprint density at radius 2 is 2.26 bits per heavy atom. The summed E-state index contributed by atoms with van der Waals surface area (Å²) in [5.41, 5.74) is 3.51. The quantitative estimate of drug-likeness (QED) is 0.789. The Bertz CT molecular complexity index is 858. The van der Waals surface area contributed by atoms with Gasteiger partial charge in [-0.15, -0.1) is 0 Å². The molecule has 23 heavy (non-hydrogen) atoms. The largest absolute Gasteiger partial charge is 0.340 e. The van der Waals surface area contributed by atoms with Crippen LogP contribution in [0.2, 0.25) is 0 Å². The molecular weight excluding hydrogens is 290 g/mol. The minimum absolute atomic E-state index is 0.0304. The number of H-pyrrole nitrogens is 1. The van der Waals surface area contributed by atoms with Gasteiger partial charge in [-0.1, -0.05) is 6.07 Å². The Labute approximate surface area is 133 Å². The molecule has 1 aliphatic rings. The van der Waals surface area contributed by atoms with Gasteiger partial charge in [-0.25, -0.2) is 9.97 Å². The van der Waals surface area contributed by atoms with E-state index in [4.69, 9.17) is 0 Å². The zero-order valence-corrected chi connectivity index (χ0v) is 12.9. The number of nitrogens with one attached hydrogen (secondary N) is 1. The van der Waals surface area contributed by atoms with Crippen molar-refractivity contribution in [1.82, 2.24) is 24.8 Å². The molecule has 0 spiro atoms. The summed E-state index contributed by atoms with van der Waals surface area (Å²) in [7, 11) is 0. The first-order valence-corrected chi connectivity index (χ1v) is 7.75. The zero-order valence-electron chi connectivity index (χ0n) is 12.9. The Morgan fingerprint density at radius 3 is 3.09 bits per heavy atom. The highest BCUT2D eigenvalue weighted by molar-refractivity contribution is 5.92. The van der Waals surface area contributed by atoms with Gasteiger partial charge in [0, 0.05) is 18.9 Å². The molecule has 4 rings (SSSR count). The van der Waals surface area contributed by atoms with Gasteiger partial charge in [0.1, 0.15) is 11.5 Å². The second-order valence-corrected chi connectivity index (χ2v) is 5.89. The number of hydrogen-bond acceptors (Lipinski definition) is 4. The fourth-order valence-corrected chi connectivity index (χ4v) is 3.15. The van der Waals surface area contributed by atoms with Crippen LogP contribution >= 0.6 is 0 Å². The fourth-order valence-electron chi connectivity index (χ4n) is 3.15. The number of hydrogen-bond donors (Lipinski definition) is 1. The zero-order chi connectivity index (χ0) is 15.8. The molecule has 0 aliphatic carbocycles. The molecule has 3 aromatic rings. The third kappa shape index (κ3) is 2.46. The standard InChI is InChI=1S/C17H17N5O/c1-11-4-5-12-13(9-11)21-16(20-12)15-3-2-8-22(15)17(23)14-10-18-6-7-19-14/h4-7,9-10,15H,2-3,8H2,1H3,(H,20,21)/t15-/m1/s1. The number of carbonyl (C=O) groups excluding carboxylic acids is 1. The third-order valence-corrected chi connectivity index (χ3v) is 4.27. The van der Waals surface area contributed by atoms with E-state index in [2.05, 4.69) is 32.9 Å². The minimum Gasteiger partial charge on any atom is -0.340 e. The van der Waals surface area contributed by atoms with Crippen LogP contribution in [0.3, 0.4) is 0 Å². The van der Waals surface area contributed by atoms with E-state index in [0.29, 0.717) is 5.69 Å².